The molecule has 132 valence electrons. The number of nitrogens with zero attached hydrogens (tertiary/aromatic N) is 2. The Labute approximate surface area is 172 Å². The molecule has 0 amide bonds. The molecule has 3 aromatic carbocycles. The van der Waals surface area contributed by atoms with Crippen molar-refractivity contribution in [2.45, 2.75) is 13.8 Å². The van der Waals surface area contributed by atoms with Crippen LogP contribution in [-0.2, 0) is 0 Å². The van der Waals surface area contributed by atoms with Crippen LogP contribution in [0.25, 0.3) is 11.4 Å². The highest BCUT2D eigenvalue weighted by atomic mass is 127. The number of aliphatic imine (C=N–C) groups is 2. The molecule has 1 aliphatic rings. The van der Waals surface area contributed by atoms with Crippen LogP contribution in [0.15, 0.2) is 88.8 Å². The van der Waals surface area contributed by atoms with Gasteiger partial charge in [-0.3, -0.25) is 0 Å². The van der Waals surface area contributed by atoms with E-state index < -0.39 is 0 Å². The number of halogens is 1. The minimum atomic E-state index is 0.769. The predicted octanol–water partition coefficient (Wildman–Crippen LogP) is 4.54. The molecule has 0 saturated heterocycles. The van der Waals surface area contributed by atoms with Gasteiger partial charge in [-0.1, -0.05) is 78.4 Å². The van der Waals surface area contributed by atoms with Gasteiger partial charge in [0.1, 0.15) is 0 Å². The van der Waals surface area contributed by atoms with Crippen LogP contribution in [0.4, 0.5) is 0 Å². The molecule has 0 saturated carbocycles. The van der Waals surface area contributed by atoms with E-state index in [0.29, 0.717) is 0 Å². The Kier molecular flexibility index (Phi) is 5.03. The van der Waals surface area contributed by atoms with E-state index in [1.807, 2.05) is 36.4 Å². The normalized spacial score (nSPS) is 13.4. The SMILES string of the molecule is CC(C)=c1ccc(=C2N=C(c3ccccc3)C(c3ccccc3)=N2)cc1I. The Hall–Kier alpha value is -2.53. The van der Waals surface area contributed by atoms with E-state index in [2.05, 4.69) is 78.9 Å². The van der Waals surface area contributed by atoms with Crippen molar-refractivity contribution in [2.75, 3.05) is 0 Å². The maximum atomic E-state index is 4.92. The number of rotatable bonds is 2. The summed E-state index contributed by atoms with van der Waals surface area (Å²) in [4.78, 5) is 9.84. The van der Waals surface area contributed by atoms with Gasteiger partial charge in [0.25, 0.3) is 0 Å². The van der Waals surface area contributed by atoms with Crippen LogP contribution in [-0.4, -0.2) is 11.4 Å². The topological polar surface area (TPSA) is 24.7 Å². The van der Waals surface area contributed by atoms with Gasteiger partial charge in [0.15, 0.2) is 5.82 Å². The summed E-state index contributed by atoms with van der Waals surface area (Å²) >= 11 is 2.39. The largest absolute Gasteiger partial charge is 0.226 e. The molecule has 27 heavy (non-hydrogen) atoms. The summed E-state index contributed by atoms with van der Waals surface area (Å²) in [5, 5.41) is 2.32. The van der Waals surface area contributed by atoms with Crippen LogP contribution in [0.5, 0.6) is 0 Å². The quantitative estimate of drug-likeness (QED) is 0.500. The van der Waals surface area contributed by atoms with E-state index in [0.717, 1.165) is 33.6 Å². The summed E-state index contributed by atoms with van der Waals surface area (Å²) in [6, 6.07) is 27.0. The standard InChI is InChI=1S/C24H19IN2/c1-16(2)20-14-13-19(15-21(20)25)24-26-22(17-9-5-3-6-10-17)23(27-24)18-11-7-4-8-12-18/h3-15H,1-2H3. The van der Waals surface area contributed by atoms with Crippen LogP contribution in [0.3, 0.4) is 0 Å². The molecule has 0 fully saturated rings. The molecule has 0 aliphatic carbocycles. The van der Waals surface area contributed by atoms with Gasteiger partial charge in [-0.2, -0.15) is 0 Å². The molecule has 0 N–H and O–H groups in total. The second-order valence-corrected chi connectivity index (χ2v) is 7.83. The van der Waals surface area contributed by atoms with E-state index in [1.54, 1.807) is 0 Å². The summed E-state index contributed by atoms with van der Waals surface area (Å²) in [6.07, 6.45) is 0. The van der Waals surface area contributed by atoms with Gasteiger partial charge in [-0.05, 0) is 47.7 Å². The first-order valence-electron chi connectivity index (χ1n) is 8.89. The fourth-order valence-corrected chi connectivity index (χ4v) is 4.18. The summed E-state index contributed by atoms with van der Waals surface area (Å²) in [5.74, 6) is 0.769. The molecule has 4 rings (SSSR count). The Morgan fingerprint density at radius 3 is 1.67 bits per heavy atom. The Morgan fingerprint density at radius 1 is 0.704 bits per heavy atom. The smallest absolute Gasteiger partial charge is 0.160 e. The zero-order valence-electron chi connectivity index (χ0n) is 15.3. The van der Waals surface area contributed by atoms with E-state index in [4.69, 9.17) is 9.98 Å². The van der Waals surface area contributed by atoms with Gasteiger partial charge in [0.05, 0.1) is 11.4 Å². The molecule has 2 nitrogen and oxygen atoms in total. The highest BCUT2D eigenvalue weighted by Gasteiger charge is 2.20. The van der Waals surface area contributed by atoms with Crippen LogP contribution >= 0.6 is 22.6 Å². The second-order valence-electron chi connectivity index (χ2n) is 6.67. The van der Waals surface area contributed by atoms with Crippen molar-refractivity contribution in [3.05, 3.63) is 104 Å². The van der Waals surface area contributed by atoms with Crippen molar-refractivity contribution in [2.24, 2.45) is 9.98 Å². The van der Waals surface area contributed by atoms with Gasteiger partial charge >= 0.3 is 0 Å². The highest BCUT2D eigenvalue weighted by Crippen LogP contribution is 2.20. The molecule has 0 aromatic heterocycles. The third-order valence-electron chi connectivity index (χ3n) is 4.52. The summed E-state index contributed by atoms with van der Waals surface area (Å²) in [5.41, 5.74) is 5.32. The van der Waals surface area contributed by atoms with Crippen molar-refractivity contribution in [3.63, 3.8) is 0 Å². The van der Waals surface area contributed by atoms with E-state index in [9.17, 15) is 0 Å². The second kappa shape index (κ2) is 7.61. The lowest BCUT2D eigenvalue weighted by Gasteiger charge is -2.04. The third kappa shape index (κ3) is 3.65. The lowest BCUT2D eigenvalue weighted by molar-refractivity contribution is 1.37. The zero-order chi connectivity index (χ0) is 18.8. The molecule has 1 aliphatic heterocycles. The Bertz CT molecular complexity index is 1110. The van der Waals surface area contributed by atoms with Crippen LogP contribution in [0.2, 0.25) is 0 Å². The molecule has 0 radical (unpaired) electrons. The fourth-order valence-electron chi connectivity index (χ4n) is 3.13. The maximum absolute atomic E-state index is 4.92. The summed E-state index contributed by atoms with van der Waals surface area (Å²) in [6.45, 7) is 4.27. The Morgan fingerprint density at radius 2 is 1.22 bits per heavy atom. The van der Waals surface area contributed by atoms with Crippen molar-refractivity contribution < 1.29 is 0 Å². The highest BCUT2D eigenvalue weighted by molar-refractivity contribution is 14.1. The van der Waals surface area contributed by atoms with Crippen molar-refractivity contribution >= 4 is 45.4 Å². The monoisotopic (exact) mass is 462 g/mol. The van der Waals surface area contributed by atoms with Crippen LogP contribution in [0.1, 0.15) is 25.0 Å². The maximum Gasteiger partial charge on any atom is 0.160 e. The molecule has 3 aromatic rings. The minimum Gasteiger partial charge on any atom is -0.226 e. The van der Waals surface area contributed by atoms with Gasteiger partial charge in [-0.25, -0.2) is 9.98 Å². The molecular formula is C24H19IN2. The molecule has 0 spiro atoms. The zero-order valence-corrected chi connectivity index (χ0v) is 17.4. The first kappa shape index (κ1) is 17.9. The lowest BCUT2D eigenvalue weighted by Crippen LogP contribution is -2.15. The van der Waals surface area contributed by atoms with Crippen LogP contribution in [0, 0.1) is 3.57 Å². The number of hydrogen-bond donors (Lipinski definition) is 0. The van der Waals surface area contributed by atoms with Crippen molar-refractivity contribution in [1.29, 1.82) is 0 Å². The molecule has 0 bridgehead atoms. The fraction of sp³-hybridized carbons (Fsp3) is 0.0833. The van der Waals surface area contributed by atoms with Crippen molar-refractivity contribution in [1.82, 2.24) is 0 Å². The molecular weight excluding hydrogens is 443 g/mol. The summed E-state index contributed by atoms with van der Waals surface area (Å²) < 4.78 is 1.22. The summed E-state index contributed by atoms with van der Waals surface area (Å²) in [7, 11) is 0. The van der Waals surface area contributed by atoms with Gasteiger partial charge in [0, 0.05) is 19.9 Å². The predicted molar refractivity (Wildman–Crippen MR) is 123 cm³/mol. The molecule has 3 heteroatoms. The average Bonchev–Trinajstić information content (AvgIpc) is 3.14. The average molecular weight is 462 g/mol. The molecule has 0 unspecified atom stereocenters. The first-order chi connectivity index (χ1) is 13.1. The third-order valence-corrected chi connectivity index (χ3v) is 5.41. The van der Waals surface area contributed by atoms with Gasteiger partial charge in [-0.15, -0.1) is 0 Å². The van der Waals surface area contributed by atoms with E-state index in [1.165, 1.54) is 14.4 Å². The van der Waals surface area contributed by atoms with E-state index >= 15 is 0 Å². The van der Waals surface area contributed by atoms with Crippen molar-refractivity contribution in [3.8, 4) is 0 Å². The van der Waals surface area contributed by atoms with E-state index in [-0.39, 0.29) is 0 Å². The lowest BCUT2D eigenvalue weighted by atomic mass is 10.0. The molecule has 1 heterocycles. The Balaban J connectivity index is 1.95. The minimum absolute atomic E-state index is 0.769. The first-order valence-corrected chi connectivity index (χ1v) is 9.97. The number of benzene rings is 3. The van der Waals surface area contributed by atoms with Crippen LogP contribution < -0.4 is 10.4 Å². The number of hydrogen-bond acceptors (Lipinski definition) is 2. The van der Waals surface area contributed by atoms with Gasteiger partial charge in [0.2, 0.25) is 0 Å². The van der Waals surface area contributed by atoms with Gasteiger partial charge < -0.3 is 0 Å². The molecule has 0 atom stereocenters.